The number of morpholine rings is 1. The van der Waals surface area contributed by atoms with Crippen LogP contribution in [0, 0.1) is 6.92 Å². The van der Waals surface area contributed by atoms with Crippen molar-refractivity contribution >= 4 is 16.0 Å². The van der Waals surface area contributed by atoms with Gasteiger partial charge in [0.15, 0.2) is 0 Å². The lowest BCUT2D eigenvalue weighted by Crippen LogP contribution is -2.40. The molecule has 156 valence electrons. The summed E-state index contributed by atoms with van der Waals surface area (Å²) in [5.41, 5.74) is 2.19. The molecule has 1 aliphatic rings. The van der Waals surface area contributed by atoms with Crippen LogP contribution in [0.4, 0.5) is 0 Å². The molecule has 0 atom stereocenters. The average molecular weight is 418 g/mol. The van der Waals surface area contributed by atoms with Gasteiger partial charge in [0.05, 0.1) is 23.7 Å². The molecule has 0 aliphatic carbocycles. The molecule has 0 N–H and O–H groups in total. The van der Waals surface area contributed by atoms with E-state index in [9.17, 15) is 13.2 Å². The first-order valence-corrected chi connectivity index (χ1v) is 11.0. The van der Waals surface area contributed by atoms with E-state index in [1.807, 2.05) is 19.1 Å². The Kier molecular flexibility index (Phi) is 6.12. The molecule has 1 fully saturated rings. The van der Waals surface area contributed by atoms with E-state index in [0.29, 0.717) is 32.1 Å². The molecule has 2 aromatic carbocycles. The molecule has 6 nitrogen and oxygen atoms in total. The first-order chi connectivity index (χ1) is 13.6. The second-order valence-electron chi connectivity index (χ2n) is 8.16. The van der Waals surface area contributed by atoms with Crippen LogP contribution in [0.25, 0.3) is 0 Å². The predicted molar refractivity (Wildman–Crippen MR) is 111 cm³/mol. The average Bonchev–Trinajstić information content (AvgIpc) is 2.69. The fourth-order valence-corrected chi connectivity index (χ4v) is 4.56. The summed E-state index contributed by atoms with van der Waals surface area (Å²) in [5.74, 6) is -0.125. The van der Waals surface area contributed by atoms with Crippen LogP contribution in [0.3, 0.4) is 0 Å². The third-order valence-corrected chi connectivity index (χ3v) is 6.82. The van der Waals surface area contributed by atoms with Crippen molar-refractivity contribution in [1.82, 2.24) is 4.31 Å². The number of esters is 1. The SMILES string of the molecule is Cc1cc(C(C)(C)C)ccc1OC(=O)c1cccc(S(=O)(=O)N2CCOCC2)c1. The van der Waals surface area contributed by atoms with Gasteiger partial charge in [-0.25, -0.2) is 13.2 Å². The second-order valence-corrected chi connectivity index (χ2v) is 10.1. The molecule has 7 heteroatoms. The molecule has 0 unspecified atom stereocenters. The first kappa shape index (κ1) is 21.5. The van der Waals surface area contributed by atoms with E-state index in [1.54, 1.807) is 18.2 Å². The Morgan fingerprint density at radius 1 is 1.07 bits per heavy atom. The molecule has 0 spiro atoms. The van der Waals surface area contributed by atoms with E-state index in [0.717, 1.165) is 11.1 Å². The minimum Gasteiger partial charge on any atom is -0.423 e. The zero-order valence-corrected chi connectivity index (χ0v) is 18.1. The van der Waals surface area contributed by atoms with Crippen LogP contribution in [-0.2, 0) is 20.2 Å². The number of sulfonamides is 1. The minimum atomic E-state index is -3.68. The summed E-state index contributed by atoms with van der Waals surface area (Å²) in [6.07, 6.45) is 0. The van der Waals surface area contributed by atoms with Crippen LogP contribution in [0.1, 0.15) is 42.3 Å². The largest absolute Gasteiger partial charge is 0.423 e. The smallest absolute Gasteiger partial charge is 0.343 e. The van der Waals surface area contributed by atoms with Crippen LogP contribution in [0.15, 0.2) is 47.4 Å². The summed E-state index contributed by atoms with van der Waals surface area (Å²) in [6, 6.07) is 11.7. The van der Waals surface area contributed by atoms with Gasteiger partial charge in [-0.2, -0.15) is 4.31 Å². The molecule has 2 aromatic rings. The summed E-state index contributed by atoms with van der Waals surface area (Å²) >= 11 is 0. The Bertz CT molecular complexity index is 1000. The Labute approximate surface area is 172 Å². The molecule has 3 rings (SSSR count). The standard InChI is InChI=1S/C22H27NO5S/c1-16-14-18(22(2,3)4)8-9-20(16)28-21(24)17-6-5-7-19(15-17)29(25,26)23-10-12-27-13-11-23/h5-9,14-15H,10-13H2,1-4H3. The van der Waals surface area contributed by atoms with Gasteiger partial charge >= 0.3 is 5.97 Å². The van der Waals surface area contributed by atoms with E-state index in [-0.39, 0.29) is 15.9 Å². The Morgan fingerprint density at radius 3 is 2.38 bits per heavy atom. The number of aryl methyl sites for hydroxylation is 1. The zero-order chi connectivity index (χ0) is 21.2. The van der Waals surface area contributed by atoms with Crippen LogP contribution >= 0.6 is 0 Å². The summed E-state index contributed by atoms with van der Waals surface area (Å²) in [5, 5.41) is 0. The predicted octanol–water partition coefficient (Wildman–Crippen LogP) is 3.53. The van der Waals surface area contributed by atoms with Crippen molar-refractivity contribution in [3.63, 3.8) is 0 Å². The fourth-order valence-electron chi connectivity index (χ4n) is 3.11. The van der Waals surface area contributed by atoms with Gasteiger partial charge in [0.25, 0.3) is 0 Å². The Balaban J connectivity index is 1.81. The minimum absolute atomic E-state index is 0.00448. The molecule has 0 radical (unpaired) electrons. The second kappa shape index (κ2) is 8.26. The monoisotopic (exact) mass is 417 g/mol. The van der Waals surface area contributed by atoms with Crippen molar-refractivity contribution in [3.8, 4) is 5.75 Å². The lowest BCUT2D eigenvalue weighted by Gasteiger charge is -2.26. The normalized spacial score (nSPS) is 15.9. The van der Waals surface area contributed by atoms with Crippen molar-refractivity contribution in [2.75, 3.05) is 26.3 Å². The lowest BCUT2D eigenvalue weighted by atomic mass is 9.86. The van der Waals surface area contributed by atoms with E-state index in [2.05, 4.69) is 20.8 Å². The Morgan fingerprint density at radius 2 is 1.76 bits per heavy atom. The van der Waals surface area contributed by atoms with Gasteiger partial charge in [0.1, 0.15) is 5.75 Å². The highest BCUT2D eigenvalue weighted by Gasteiger charge is 2.27. The highest BCUT2D eigenvalue weighted by molar-refractivity contribution is 7.89. The van der Waals surface area contributed by atoms with Crippen LogP contribution in [0.5, 0.6) is 5.75 Å². The molecule has 29 heavy (non-hydrogen) atoms. The maximum atomic E-state index is 12.8. The molecule has 0 bridgehead atoms. The molecule has 0 aromatic heterocycles. The summed E-state index contributed by atoms with van der Waals surface area (Å²) in [6.45, 7) is 9.58. The van der Waals surface area contributed by atoms with Crippen molar-refractivity contribution in [1.29, 1.82) is 0 Å². The molecular formula is C22H27NO5S. The van der Waals surface area contributed by atoms with Gasteiger partial charge in [-0.1, -0.05) is 39.0 Å². The topological polar surface area (TPSA) is 72.9 Å². The fraction of sp³-hybridized carbons (Fsp3) is 0.409. The maximum Gasteiger partial charge on any atom is 0.343 e. The molecule has 0 saturated carbocycles. The summed E-state index contributed by atoms with van der Waals surface area (Å²) in [4.78, 5) is 12.7. The van der Waals surface area contributed by atoms with Crippen molar-refractivity contribution in [2.45, 2.75) is 38.0 Å². The lowest BCUT2D eigenvalue weighted by molar-refractivity contribution is 0.0726. The molecule has 0 amide bonds. The van der Waals surface area contributed by atoms with Crippen molar-refractivity contribution < 1.29 is 22.7 Å². The zero-order valence-electron chi connectivity index (χ0n) is 17.3. The number of carbonyl (C=O) groups excluding carboxylic acids is 1. The summed E-state index contributed by atoms with van der Waals surface area (Å²) in [7, 11) is -3.68. The summed E-state index contributed by atoms with van der Waals surface area (Å²) < 4.78 is 37.8. The molecule has 1 saturated heterocycles. The third-order valence-electron chi connectivity index (χ3n) is 4.92. The van der Waals surface area contributed by atoms with Gasteiger partial charge in [-0.05, 0) is 47.7 Å². The van der Waals surface area contributed by atoms with Gasteiger partial charge in [0.2, 0.25) is 10.0 Å². The van der Waals surface area contributed by atoms with Gasteiger partial charge < -0.3 is 9.47 Å². The van der Waals surface area contributed by atoms with Crippen LogP contribution in [-0.4, -0.2) is 45.0 Å². The highest BCUT2D eigenvalue weighted by Crippen LogP contribution is 2.28. The van der Waals surface area contributed by atoms with Crippen molar-refractivity contribution in [3.05, 3.63) is 59.2 Å². The first-order valence-electron chi connectivity index (χ1n) is 9.60. The number of benzene rings is 2. The molecule has 1 aliphatic heterocycles. The Hall–Kier alpha value is -2.22. The van der Waals surface area contributed by atoms with Gasteiger partial charge in [-0.15, -0.1) is 0 Å². The van der Waals surface area contributed by atoms with Gasteiger partial charge in [-0.3, -0.25) is 0 Å². The number of ether oxygens (including phenoxy) is 2. The van der Waals surface area contributed by atoms with E-state index >= 15 is 0 Å². The van der Waals surface area contributed by atoms with Crippen molar-refractivity contribution in [2.24, 2.45) is 0 Å². The van der Waals surface area contributed by atoms with E-state index in [1.165, 1.54) is 16.4 Å². The highest BCUT2D eigenvalue weighted by atomic mass is 32.2. The van der Waals surface area contributed by atoms with Crippen LogP contribution in [0.2, 0.25) is 0 Å². The van der Waals surface area contributed by atoms with Gasteiger partial charge in [0, 0.05) is 13.1 Å². The number of hydrogen-bond acceptors (Lipinski definition) is 5. The van der Waals surface area contributed by atoms with E-state index in [4.69, 9.17) is 9.47 Å². The number of rotatable bonds is 4. The number of carbonyl (C=O) groups is 1. The molecule has 1 heterocycles. The maximum absolute atomic E-state index is 12.8. The third kappa shape index (κ3) is 4.86. The van der Waals surface area contributed by atoms with Crippen LogP contribution < -0.4 is 4.74 Å². The number of nitrogens with zero attached hydrogens (tertiary/aromatic N) is 1. The van der Waals surface area contributed by atoms with E-state index < -0.39 is 16.0 Å². The molecular weight excluding hydrogens is 390 g/mol. The number of hydrogen-bond donors (Lipinski definition) is 0. The quantitative estimate of drug-likeness (QED) is 0.562.